The molecule has 0 radical (unpaired) electrons. The number of alkyl halides is 3. The first kappa shape index (κ1) is 25.1. The van der Waals surface area contributed by atoms with Gasteiger partial charge in [0.05, 0.1) is 24.7 Å². The number of benzene rings is 3. The number of hydrogen-bond donors (Lipinski definition) is 1. The summed E-state index contributed by atoms with van der Waals surface area (Å²) in [6.45, 7) is -0.654. The molecule has 0 saturated carbocycles. The van der Waals surface area contributed by atoms with Gasteiger partial charge in [-0.3, -0.25) is 19.3 Å². The van der Waals surface area contributed by atoms with E-state index in [2.05, 4.69) is 5.32 Å². The van der Waals surface area contributed by atoms with E-state index in [0.717, 1.165) is 33.9 Å². The monoisotopic (exact) mass is 516 g/mol. The lowest BCUT2D eigenvalue weighted by Crippen LogP contribution is -2.36. The Morgan fingerprint density at radius 3 is 2.50 bits per heavy atom. The van der Waals surface area contributed by atoms with E-state index in [1.807, 2.05) is 12.1 Å². The molecule has 36 heavy (non-hydrogen) atoms. The molecule has 3 aromatic rings. The number of anilines is 1. The highest BCUT2D eigenvalue weighted by Crippen LogP contribution is 2.38. The largest absolute Gasteiger partial charge is 0.497 e. The van der Waals surface area contributed by atoms with Gasteiger partial charge in [0.25, 0.3) is 11.1 Å². The van der Waals surface area contributed by atoms with Crippen LogP contribution >= 0.6 is 11.8 Å². The van der Waals surface area contributed by atoms with Gasteiger partial charge in [0.2, 0.25) is 5.91 Å². The van der Waals surface area contributed by atoms with E-state index < -0.39 is 35.3 Å². The number of fused-ring (bicyclic) bond motifs is 1. The average Bonchev–Trinajstić information content (AvgIpc) is 3.10. The Labute approximate surface area is 207 Å². The second kappa shape index (κ2) is 9.94. The summed E-state index contributed by atoms with van der Waals surface area (Å²) in [5, 5.41) is 3.19. The normalized spacial score (nSPS) is 15.0. The number of ether oxygens (including phenoxy) is 2. The summed E-state index contributed by atoms with van der Waals surface area (Å²) in [7, 11) is 3.00. The third-order valence-electron chi connectivity index (χ3n) is 5.37. The number of carbonyl (C=O) groups excluding carboxylic acids is 3. The van der Waals surface area contributed by atoms with Crippen molar-refractivity contribution in [3.05, 3.63) is 70.6 Å². The van der Waals surface area contributed by atoms with Gasteiger partial charge in [-0.25, -0.2) is 0 Å². The maximum absolute atomic E-state index is 13.0. The van der Waals surface area contributed by atoms with Crippen molar-refractivity contribution >= 4 is 51.4 Å². The summed E-state index contributed by atoms with van der Waals surface area (Å²) in [4.78, 5) is 38.7. The highest BCUT2D eigenvalue weighted by molar-refractivity contribution is 8.18. The first-order chi connectivity index (χ1) is 17.1. The van der Waals surface area contributed by atoms with Crippen LogP contribution in [0.15, 0.2) is 59.5 Å². The summed E-state index contributed by atoms with van der Waals surface area (Å²) in [6, 6.07) is 13.0. The van der Waals surface area contributed by atoms with Crippen LogP contribution in [-0.2, 0) is 15.8 Å². The lowest BCUT2D eigenvalue weighted by atomic mass is 10.0. The van der Waals surface area contributed by atoms with Gasteiger partial charge in [0.1, 0.15) is 18.0 Å². The second-order valence-electron chi connectivity index (χ2n) is 7.66. The summed E-state index contributed by atoms with van der Waals surface area (Å²) < 4.78 is 49.5. The Kier molecular flexibility index (Phi) is 6.93. The summed E-state index contributed by atoms with van der Waals surface area (Å²) in [5.74, 6) is -0.467. The van der Waals surface area contributed by atoms with Gasteiger partial charge >= 0.3 is 6.18 Å². The number of nitrogens with zero attached hydrogens (tertiary/aromatic N) is 1. The van der Waals surface area contributed by atoms with Crippen molar-refractivity contribution in [2.75, 3.05) is 26.1 Å². The molecule has 0 bridgehead atoms. The van der Waals surface area contributed by atoms with Crippen LogP contribution in [-0.4, -0.2) is 42.7 Å². The van der Waals surface area contributed by atoms with E-state index >= 15 is 0 Å². The number of rotatable bonds is 6. The molecule has 3 aromatic carbocycles. The van der Waals surface area contributed by atoms with Crippen LogP contribution in [0.25, 0.3) is 16.8 Å². The summed E-state index contributed by atoms with van der Waals surface area (Å²) in [6.07, 6.45) is -3.07. The van der Waals surface area contributed by atoms with Gasteiger partial charge in [0, 0.05) is 11.3 Å². The first-order valence-electron chi connectivity index (χ1n) is 10.5. The van der Waals surface area contributed by atoms with Crippen LogP contribution < -0.4 is 14.8 Å². The maximum Gasteiger partial charge on any atom is 0.416 e. The Morgan fingerprint density at radius 1 is 1.06 bits per heavy atom. The lowest BCUT2D eigenvalue weighted by Gasteiger charge is -2.14. The third-order valence-corrected chi connectivity index (χ3v) is 6.28. The van der Waals surface area contributed by atoms with Gasteiger partial charge in [-0.1, -0.05) is 18.2 Å². The number of imide groups is 1. The van der Waals surface area contributed by atoms with E-state index in [9.17, 15) is 27.6 Å². The molecule has 1 saturated heterocycles. The van der Waals surface area contributed by atoms with Crippen LogP contribution in [0.1, 0.15) is 11.1 Å². The predicted octanol–water partition coefficient (Wildman–Crippen LogP) is 5.55. The number of thioether (sulfide) groups is 1. The molecule has 3 amide bonds. The topological polar surface area (TPSA) is 84.9 Å². The van der Waals surface area contributed by atoms with Gasteiger partial charge < -0.3 is 14.8 Å². The minimum atomic E-state index is -4.58. The van der Waals surface area contributed by atoms with E-state index in [0.29, 0.717) is 28.8 Å². The zero-order valence-electron chi connectivity index (χ0n) is 19.0. The molecule has 0 aliphatic carbocycles. The van der Waals surface area contributed by atoms with E-state index in [1.54, 1.807) is 18.2 Å². The standard InChI is InChI=1S/C25H19F3N2O5S/c1-34-17-8-6-14-7-9-20(35-2)19(18(14)11-17)12-21-23(32)30(24(33)36-21)13-22(31)29-16-5-3-4-15(10-16)25(26,27)28/h3-12H,13H2,1-2H3,(H,29,31)/b21-12-. The van der Waals surface area contributed by atoms with E-state index in [4.69, 9.17) is 9.47 Å². The fourth-order valence-electron chi connectivity index (χ4n) is 3.64. The molecule has 1 fully saturated rings. The van der Waals surface area contributed by atoms with Crippen LogP contribution in [0.4, 0.5) is 23.7 Å². The number of hydrogen-bond acceptors (Lipinski definition) is 6. The van der Waals surface area contributed by atoms with Crippen molar-refractivity contribution in [1.29, 1.82) is 0 Å². The van der Waals surface area contributed by atoms with Crippen LogP contribution in [0.3, 0.4) is 0 Å². The van der Waals surface area contributed by atoms with Crippen LogP contribution in [0, 0.1) is 0 Å². The molecule has 1 aliphatic rings. The maximum atomic E-state index is 13.0. The number of amides is 3. The van der Waals surface area contributed by atoms with Crippen molar-refractivity contribution in [1.82, 2.24) is 4.90 Å². The van der Waals surface area contributed by atoms with E-state index in [-0.39, 0.29) is 10.6 Å². The molecule has 7 nitrogen and oxygen atoms in total. The minimum Gasteiger partial charge on any atom is -0.497 e. The Balaban J connectivity index is 1.58. The van der Waals surface area contributed by atoms with Gasteiger partial charge in [-0.05, 0) is 65.0 Å². The lowest BCUT2D eigenvalue weighted by molar-refractivity contribution is -0.137. The number of nitrogens with one attached hydrogen (secondary N) is 1. The summed E-state index contributed by atoms with van der Waals surface area (Å²) in [5.41, 5.74) is -0.491. The molecule has 11 heteroatoms. The van der Waals surface area contributed by atoms with Gasteiger partial charge in [0.15, 0.2) is 0 Å². The number of methoxy groups -OCH3 is 2. The molecule has 0 unspecified atom stereocenters. The van der Waals surface area contributed by atoms with Crippen molar-refractivity contribution in [3.8, 4) is 11.5 Å². The smallest absolute Gasteiger partial charge is 0.416 e. The van der Waals surface area contributed by atoms with Crippen molar-refractivity contribution in [2.24, 2.45) is 0 Å². The molecule has 4 rings (SSSR count). The zero-order valence-corrected chi connectivity index (χ0v) is 19.8. The van der Waals surface area contributed by atoms with Crippen LogP contribution in [0.2, 0.25) is 0 Å². The van der Waals surface area contributed by atoms with Crippen molar-refractivity contribution < 1.29 is 37.0 Å². The van der Waals surface area contributed by atoms with E-state index in [1.165, 1.54) is 26.4 Å². The molecule has 0 aromatic heterocycles. The molecule has 1 aliphatic heterocycles. The van der Waals surface area contributed by atoms with Crippen molar-refractivity contribution in [2.45, 2.75) is 6.18 Å². The first-order valence-corrected chi connectivity index (χ1v) is 11.3. The number of halogens is 3. The SMILES string of the molecule is COc1ccc2ccc(OC)c(/C=C3\SC(=O)N(CC(=O)Nc4cccc(C(F)(F)F)c4)C3=O)c2c1. The van der Waals surface area contributed by atoms with Crippen molar-refractivity contribution in [3.63, 3.8) is 0 Å². The second-order valence-corrected chi connectivity index (χ2v) is 8.66. The minimum absolute atomic E-state index is 0.0699. The average molecular weight is 516 g/mol. The number of carbonyl (C=O) groups is 3. The molecular formula is C25H19F3N2O5S. The molecule has 1 N–H and O–H groups in total. The highest BCUT2D eigenvalue weighted by Gasteiger charge is 2.37. The Bertz CT molecular complexity index is 1400. The highest BCUT2D eigenvalue weighted by atomic mass is 32.2. The fourth-order valence-corrected chi connectivity index (χ4v) is 4.46. The predicted molar refractivity (Wildman–Crippen MR) is 130 cm³/mol. The van der Waals surface area contributed by atoms with Gasteiger partial charge in [-0.15, -0.1) is 0 Å². The van der Waals surface area contributed by atoms with Gasteiger partial charge in [-0.2, -0.15) is 13.2 Å². The molecule has 1 heterocycles. The fraction of sp³-hybridized carbons (Fsp3) is 0.160. The zero-order chi connectivity index (χ0) is 26.0. The third kappa shape index (κ3) is 5.15. The van der Waals surface area contributed by atoms with Crippen LogP contribution in [0.5, 0.6) is 11.5 Å². The Hall–Kier alpha value is -3.99. The molecule has 186 valence electrons. The molecule has 0 spiro atoms. The Morgan fingerprint density at radius 2 is 1.81 bits per heavy atom. The molecule has 0 atom stereocenters. The summed E-state index contributed by atoms with van der Waals surface area (Å²) >= 11 is 0.651. The molecular weight excluding hydrogens is 497 g/mol. The quantitative estimate of drug-likeness (QED) is 0.433.